The van der Waals surface area contributed by atoms with Crippen molar-refractivity contribution in [3.05, 3.63) is 100 Å². The molecule has 10 heteroatoms. The Bertz CT molecular complexity index is 1440. The lowest BCUT2D eigenvalue weighted by molar-refractivity contribution is -0.277. The molecule has 3 aromatic rings. The molecule has 0 bridgehead atoms. The Labute approximate surface area is 269 Å². The van der Waals surface area contributed by atoms with Crippen LogP contribution in [-0.4, -0.2) is 58.8 Å². The van der Waals surface area contributed by atoms with Crippen LogP contribution in [0.2, 0.25) is 5.02 Å². The van der Waals surface area contributed by atoms with Crippen molar-refractivity contribution >= 4 is 29.2 Å². The molecule has 2 heterocycles. The average molecular weight is 637 g/mol. The SMILES string of the molecule is CC(=O)O[C@@H](C)C(=O)Nc1ccc([C@@H]2O[C@H](CN3CCC(O)(c4ccc(Cl)cc4)CC3)[C@H](C)[C@H](c3ccc(CO)cc3)O2)cc1. The van der Waals surface area contributed by atoms with Crippen LogP contribution < -0.4 is 5.32 Å². The van der Waals surface area contributed by atoms with E-state index in [1.165, 1.54) is 13.8 Å². The lowest BCUT2D eigenvalue weighted by atomic mass is 9.84. The second kappa shape index (κ2) is 14.4. The van der Waals surface area contributed by atoms with Crippen molar-refractivity contribution in [2.75, 3.05) is 25.0 Å². The number of aliphatic hydroxyl groups is 2. The van der Waals surface area contributed by atoms with Crippen molar-refractivity contribution < 1.29 is 34.0 Å². The number of nitrogens with zero attached hydrogens (tertiary/aromatic N) is 1. The maximum Gasteiger partial charge on any atom is 0.303 e. The van der Waals surface area contributed by atoms with Gasteiger partial charge in [-0.2, -0.15) is 0 Å². The molecule has 45 heavy (non-hydrogen) atoms. The molecule has 2 saturated heterocycles. The molecule has 2 aliphatic rings. The number of carbonyl (C=O) groups excluding carboxylic acids is 2. The predicted octanol–water partition coefficient (Wildman–Crippen LogP) is 5.50. The van der Waals surface area contributed by atoms with E-state index in [0.29, 0.717) is 43.2 Å². The summed E-state index contributed by atoms with van der Waals surface area (Å²) in [6, 6.07) is 22.4. The van der Waals surface area contributed by atoms with E-state index in [1.807, 2.05) is 60.7 Å². The lowest BCUT2D eigenvalue weighted by Gasteiger charge is -2.45. The summed E-state index contributed by atoms with van der Waals surface area (Å²) in [7, 11) is 0. The summed E-state index contributed by atoms with van der Waals surface area (Å²) < 4.78 is 18.1. The first kappa shape index (κ1) is 33.1. The van der Waals surface area contributed by atoms with E-state index in [0.717, 1.165) is 22.3 Å². The molecule has 5 rings (SSSR count). The molecule has 0 unspecified atom stereocenters. The van der Waals surface area contributed by atoms with E-state index >= 15 is 0 Å². The second-order valence-corrected chi connectivity index (χ2v) is 12.5. The number of anilines is 1. The van der Waals surface area contributed by atoms with Crippen LogP contribution in [0.15, 0.2) is 72.8 Å². The minimum atomic E-state index is -0.913. The van der Waals surface area contributed by atoms with Crippen molar-refractivity contribution in [3.63, 3.8) is 0 Å². The Balaban J connectivity index is 1.30. The number of hydrogen-bond donors (Lipinski definition) is 3. The van der Waals surface area contributed by atoms with Crippen LogP contribution in [-0.2, 0) is 36.0 Å². The molecule has 0 saturated carbocycles. The summed E-state index contributed by atoms with van der Waals surface area (Å²) >= 11 is 6.07. The average Bonchev–Trinajstić information content (AvgIpc) is 3.03. The molecular formula is C35H41ClN2O7. The summed E-state index contributed by atoms with van der Waals surface area (Å²) in [5.41, 5.74) is 3.17. The highest BCUT2D eigenvalue weighted by Crippen LogP contribution is 2.43. The van der Waals surface area contributed by atoms with Gasteiger partial charge >= 0.3 is 5.97 Å². The fourth-order valence-corrected chi connectivity index (χ4v) is 6.13. The highest BCUT2D eigenvalue weighted by Gasteiger charge is 2.41. The molecule has 1 amide bonds. The summed E-state index contributed by atoms with van der Waals surface area (Å²) in [6.45, 7) is 6.98. The molecule has 2 aliphatic heterocycles. The Morgan fingerprint density at radius 1 is 1.00 bits per heavy atom. The van der Waals surface area contributed by atoms with E-state index < -0.39 is 29.9 Å². The summed E-state index contributed by atoms with van der Waals surface area (Å²) in [4.78, 5) is 25.9. The van der Waals surface area contributed by atoms with Gasteiger partial charge in [-0.1, -0.05) is 67.1 Å². The van der Waals surface area contributed by atoms with Gasteiger partial charge in [0.15, 0.2) is 12.4 Å². The number of hydrogen-bond acceptors (Lipinski definition) is 8. The van der Waals surface area contributed by atoms with E-state index in [9.17, 15) is 19.8 Å². The van der Waals surface area contributed by atoms with Crippen molar-refractivity contribution in [2.45, 2.75) is 70.4 Å². The highest BCUT2D eigenvalue weighted by atomic mass is 35.5. The third-order valence-corrected chi connectivity index (χ3v) is 9.04. The van der Waals surface area contributed by atoms with Crippen LogP contribution in [0.5, 0.6) is 0 Å². The van der Waals surface area contributed by atoms with Gasteiger partial charge in [0.1, 0.15) is 0 Å². The normalized spacial score (nSPS) is 24.0. The Hall–Kier alpha value is -3.31. The zero-order chi connectivity index (χ0) is 32.1. The van der Waals surface area contributed by atoms with E-state index in [1.54, 1.807) is 12.1 Å². The maximum absolute atomic E-state index is 12.4. The number of aliphatic hydroxyl groups excluding tert-OH is 1. The summed E-state index contributed by atoms with van der Waals surface area (Å²) in [5, 5.41) is 24.3. The van der Waals surface area contributed by atoms with E-state index in [4.69, 9.17) is 25.8 Å². The topological polar surface area (TPSA) is 118 Å². The molecule has 3 N–H and O–H groups in total. The maximum atomic E-state index is 12.4. The number of rotatable bonds is 9. The number of ether oxygens (including phenoxy) is 3. The smallest absolute Gasteiger partial charge is 0.303 e. The van der Waals surface area contributed by atoms with Gasteiger partial charge in [-0.05, 0) is 60.7 Å². The molecule has 3 aromatic carbocycles. The Morgan fingerprint density at radius 3 is 2.22 bits per heavy atom. The Kier molecular flexibility index (Phi) is 10.6. The number of amides is 1. The lowest BCUT2D eigenvalue weighted by Crippen LogP contribution is -2.49. The molecule has 5 atom stereocenters. The van der Waals surface area contributed by atoms with Gasteiger partial charge in [-0.25, -0.2) is 0 Å². The van der Waals surface area contributed by atoms with Gasteiger partial charge in [0.25, 0.3) is 5.91 Å². The van der Waals surface area contributed by atoms with Crippen molar-refractivity contribution in [1.29, 1.82) is 0 Å². The van der Waals surface area contributed by atoms with Crippen LogP contribution in [0.3, 0.4) is 0 Å². The molecule has 9 nitrogen and oxygen atoms in total. The minimum absolute atomic E-state index is 0.0135. The van der Waals surface area contributed by atoms with E-state index in [-0.39, 0.29) is 24.7 Å². The first-order valence-corrected chi connectivity index (χ1v) is 15.7. The molecule has 0 radical (unpaired) electrons. The van der Waals surface area contributed by atoms with Crippen molar-refractivity contribution in [1.82, 2.24) is 4.90 Å². The number of likely N-dealkylation sites (tertiary alicyclic amines) is 1. The second-order valence-electron chi connectivity index (χ2n) is 12.0. The molecule has 240 valence electrons. The summed E-state index contributed by atoms with van der Waals surface area (Å²) in [6.07, 6.45) is -0.799. The zero-order valence-corrected chi connectivity index (χ0v) is 26.6. The first-order valence-electron chi connectivity index (χ1n) is 15.3. The molecule has 0 aliphatic carbocycles. The van der Waals surface area contributed by atoms with Crippen LogP contribution in [0.25, 0.3) is 0 Å². The highest BCUT2D eigenvalue weighted by molar-refractivity contribution is 6.30. The van der Waals surface area contributed by atoms with E-state index in [2.05, 4.69) is 17.1 Å². The third kappa shape index (κ3) is 8.10. The van der Waals surface area contributed by atoms with Crippen LogP contribution in [0.4, 0.5) is 5.69 Å². The number of nitrogens with one attached hydrogen (secondary N) is 1. The quantitative estimate of drug-likeness (QED) is 0.264. The summed E-state index contributed by atoms with van der Waals surface area (Å²) in [5.74, 6) is -0.932. The van der Waals surface area contributed by atoms with Gasteiger partial charge in [-0.15, -0.1) is 0 Å². The zero-order valence-electron chi connectivity index (χ0n) is 25.8. The number of esters is 1. The minimum Gasteiger partial charge on any atom is -0.453 e. The number of benzene rings is 3. The van der Waals surface area contributed by atoms with Crippen LogP contribution in [0.1, 0.15) is 68.3 Å². The standard InChI is InChI=1S/C35H41ClN2O7/c1-22-31(20-38-18-16-35(42,17-19-38)28-10-12-29(36)13-11-28)44-34(45-32(22)26-6-4-25(21-39)5-7-26)27-8-14-30(15-9-27)37-33(41)23(2)43-24(3)40/h4-15,22-23,31-32,34,39,42H,16-21H2,1-3H3,(H,37,41)/t22-,23-,31+,32+,34+/m0/s1. The number of carbonyl (C=O) groups is 2. The van der Waals surface area contributed by atoms with Gasteiger partial charge in [0.05, 0.1) is 24.4 Å². The third-order valence-electron chi connectivity index (χ3n) is 8.79. The van der Waals surface area contributed by atoms with Gasteiger partial charge in [0.2, 0.25) is 0 Å². The number of halogens is 1. The van der Waals surface area contributed by atoms with Crippen LogP contribution >= 0.6 is 11.6 Å². The predicted molar refractivity (Wildman–Crippen MR) is 170 cm³/mol. The first-order chi connectivity index (χ1) is 21.5. The largest absolute Gasteiger partial charge is 0.453 e. The fraction of sp³-hybridized carbons (Fsp3) is 0.429. The van der Waals surface area contributed by atoms with Gasteiger partial charge in [-0.3, -0.25) is 9.59 Å². The molecule has 0 aromatic heterocycles. The van der Waals surface area contributed by atoms with Crippen molar-refractivity contribution in [2.24, 2.45) is 5.92 Å². The molecule has 2 fully saturated rings. The van der Waals surface area contributed by atoms with Crippen molar-refractivity contribution in [3.8, 4) is 0 Å². The Morgan fingerprint density at radius 2 is 1.62 bits per heavy atom. The molecule has 0 spiro atoms. The fourth-order valence-electron chi connectivity index (χ4n) is 6.01. The number of piperidine rings is 1. The monoisotopic (exact) mass is 636 g/mol. The van der Waals surface area contributed by atoms with Gasteiger partial charge in [0, 0.05) is 48.7 Å². The van der Waals surface area contributed by atoms with Gasteiger partial charge < -0.3 is 34.6 Å². The van der Waals surface area contributed by atoms with Crippen LogP contribution in [0, 0.1) is 5.92 Å². The molecular weight excluding hydrogens is 596 g/mol.